The van der Waals surface area contributed by atoms with Crippen molar-refractivity contribution in [1.82, 2.24) is 18.5 Å². The fourth-order valence-electron chi connectivity index (χ4n) is 2.04. The standard InChI is InChI=1S/C12H17ClN4O3S/c1-15(2)21(19,20)17-7-5-16(6-8-17)12(18)10-3-4-11(13)14-9-10/h3-4,9H,5-8H2,1-2H3. The number of pyridine rings is 1. The van der Waals surface area contributed by atoms with Gasteiger partial charge in [-0.25, -0.2) is 4.98 Å². The minimum Gasteiger partial charge on any atom is -0.336 e. The van der Waals surface area contributed by atoms with E-state index in [1.807, 2.05) is 0 Å². The predicted molar refractivity (Wildman–Crippen MR) is 79.3 cm³/mol. The zero-order chi connectivity index (χ0) is 15.6. The second-order valence-electron chi connectivity index (χ2n) is 4.85. The third kappa shape index (κ3) is 3.52. The van der Waals surface area contributed by atoms with Crippen LogP contribution in [0, 0.1) is 0 Å². The summed E-state index contributed by atoms with van der Waals surface area (Å²) in [5, 5.41) is 0.327. The van der Waals surface area contributed by atoms with Gasteiger partial charge in [0.15, 0.2) is 0 Å². The van der Waals surface area contributed by atoms with Gasteiger partial charge < -0.3 is 4.90 Å². The number of hydrogen-bond acceptors (Lipinski definition) is 4. The highest BCUT2D eigenvalue weighted by Gasteiger charge is 2.30. The van der Waals surface area contributed by atoms with Crippen molar-refractivity contribution in [2.45, 2.75) is 0 Å². The van der Waals surface area contributed by atoms with Crippen LogP contribution in [0.5, 0.6) is 0 Å². The van der Waals surface area contributed by atoms with E-state index in [2.05, 4.69) is 4.98 Å². The molecule has 1 aliphatic heterocycles. The highest BCUT2D eigenvalue weighted by molar-refractivity contribution is 7.86. The predicted octanol–water partition coefficient (Wildman–Crippen LogP) is 0.299. The van der Waals surface area contributed by atoms with Crippen LogP contribution in [0.3, 0.4) is 0 Å². The fourth-order valence-corrected chi connectivity index (χ4v) is 3.24. The Hall–Kier alpha value is -1.22. The second kappa shape index (κ2) is 6.27. The molecule has 1 saturated heterocycles. The smallest absolute Gasteiger partial charge is 0.281 e. The van der Waals surface area contributed by atoms with Gasteiger partial charge in [-0.1, -0.05) is 11.6 Å². The Kier molecular flexibility index (Phi) is 4.82. The number of aromatic nitrogens is 1. The topological polar surface area (TPSA) is 73.8 Å². The molecule has 2 heterocycles. The number of rotatable bonds is 3. The molecular weight excluding hydrogens is 316 g/mol. The number of hydrogen-bond donors (Lipinski definition) is 0. The van der Waals surface area contributed by atoms with E-state index in [9.17, 15) is 13.2 Å². The minimum absolute atomic E-state index is 0.166. The van der Waals surface area contributed by atoms with Gasteiger partial charge in [-0.3, -0.25) is 4.79 Å². The van der Waals surface area contributed by atoms with Crippen molar-refractivity contribution < 1.29 is 13.2 Å². The number of carbonyl (C=O) groups excluding carboxylic acids is 1. The average Bonchev–Trinajstić information content (AvgIpc) is 2.47. The Morgan fingerprint density at radius 3 is 2.33 bits per heavy atom. The number of piperazine rings is 1. The largest absolute Gasteiger partial charge is 0.336 e. The quantitative estimate of drug-likeness (QED) is 0.746. The molecule has 0 atom stereocenters. The van der Waals surface area contributed by atoms with Crippen molar-refractivity contribution in [3.05, 3.63) is 29.0 Å². The van der Waals surface area contributed by atoms with Gasteiger partial charge in [0.1, 0.15) is 5.15 Å². The van der Waals surface area contributed by atoms with Gasteiger partial charge in [0.2, 0.25) is 0 Å². The van der Waals surface area contributed by atoms with Gasteiger partial charge in [-0.05, 0) is 12.1 Å². The molecule has 7 nitrogen and oxygen atoms in total. The van der Waals surface area contributed by atoms with Gasteiger partial charge in [-0.2, -0.15) is 17.0 Å². The van der Waals surface area contributed by atoms with Crippen molar-refractivity contribution in [3.8, 4) is 0 Å². The first kappa shape index (κ1) is 16.2. The lowest BCUT2D eigenvalue weighted by Gasteiger charge is -2.35. The van der Waals surface area contributed by atoms with Gasteiger partial charge >= 0.3 is 0 Å². The molecular formula is C12H17ClN4O3S. The summed E-state index contributed by atoms with van der Waals surface area (Å²) in [5.74, 6) is -0.166. The van der Waals surface area contributed by atoms with Crippen LogP contribution in [0.4, 0.5) is 0 Å². The Labute approximate surface area is 129 Å². The van der Waals surface area contributed by atoms with Crippen LogP contribution in [0.2, 0.25) is 5.15 Å². The number of carbonyl (C=O) groups is 1. The molecule has 0 bridgehead atoms. The summed E-state index contributed by atoms with van der Waals surface area (Å²) in [6, 6.07) is 3.17. The van der Waals surface area contributed by atoms with Gasteiger partial charge in [0, 0.05) is 46.5 Å². The first-order chi connectivity index (χ1) is 9.82. The Balaban J connectivity index is 2.01. The van der Waals surface area contributed by atoms with Crippen LogP contribution in [0.15, 0.2) is 18.3 Å². The van der Waals surface area contributed by atoms with Crippen LogP contribution < -0.4 is 0 Å². The summed E-state index contributed by atoms with van der Waals surface area (Å²) in [4.78, 5) is 17.8. The summed E-state index contributed by atoms with van der Waals surface area (Å²) < 4.78 is 26.5. The van der Waals surface area contributed by atoms with Crippen LogP contribution in [-0.4, -0.2) is 73.1 Å². The number of nitrogens with zero attached hydrogens (tertiary/aromatic N) is 4. The lowest BCUT2D eigenvalue weighted by atomic mass is 10.2. The SMILES string of the molecule is CN(C)S(=O)(=O)N1CCN(C(=O)c2ccc(Cl)nc2)CC1. The fraction of sp³-hybridized carbons (Fsp3) is 0.500. The van der Waals surface area contributed by atoms with Crippen LogP contribution in [0.1, 0.15) is 10.4 Å². The lowest BCUT2D eigenvalue weighted by molar-refractivity contribution is 0.0695. The summed E-state index contributed by atoms with van der Waals surface area (Å²) >= 11 is 5.69. The lowest BCUT2D eigenvalue weighted by Crippen LogP contribution is -2.53. The Bertz CT molecular complexity index is 610. The van der Waals surface area contributed by atoms with Gasteiger partial charge in [-0.15, -0.1) is 0 Å². The van der Waals surface area contributed by atoms with Crippen LogP contribution >= 0.6 is 11.6 Å². The maximum absolute atomic E-state index is 12.3. The van der Waals surface area contributed by atoms with E-state index in [-0.39, 0.29) is 19.0 Å². The molecule has 0 aliphatic carbocycles. The van der Waals surface area contributed by atoms with E-state index >= 15 is 0 Å². The second-order valence-corrected chi connectivity index (χ2v) is 7.38. The maximum atomic E-state index is 12.3. The molecule has 1 fully saturated rings. The zero-order valence-corrected chi connectivity index (χ0v) is 13.4. The normalized spacial score (nSPS) is 17.2. The van der Waals surface area contributed by atoms with Crippen LogP contribution in [0.25, 0.3) is 0 Å². The Morgan fingerprint density at radius 2 is 1.86 bits per heavy atom. The summed E-state index contributed by atoms with van der Waals surface area (Å²) in [7, 11) is -0.436. The van der Waals surface area contributed by atoms with E-state index in [0.717, 1.165) is 0 Å². The van der Waals surface area contributed by atoms with Crippen molar-refractivity contribution in [2.75, 3.05) is 40.3 Å². The van der Waals surface area contributed by atoms with Crippen molar-refractivity contribution >= 4 is 27.7 Å². The zero-order valence-electron chi connectivity index (χ0n) is 11.9. The molecule has 0 N–H and O–H groups in total. The molecule has 0 aromatic carbocycles. The number of halogens is 1. The minimum atomic E-state index is -3.42. The molecule has 0 saturated carbocycles. The molecule has 0 radical (unpaired) electrons. The first-order valence-electron chi connectivity index (χ1n) is 6.41. The van der Waals surface area contributed by atoms with Crippen molar-refractivity contribution in [3.63, 3.8) is 0 Å². The number of amides is 1. The van der Waals surface area contributed by atoms with Crippen molar-refractivity contribution in [1.29, 1.82) is 0 Å². The highest BCUT2D eigenvalue weighted by atomic mass is 35.5. The average molecular weight is 333 g/mol. The molecule has 0 spiro atoms. The van der Waals surface area contributed by atoms with E-state index in [1.54, 1.807) is 17.0 Å². The molecule has 2 rings (SSSR count). The molecule has 9 heteroatoms. The third-order valence-corrected chi connectivity index (χ3v) is 5.45. The summed E-state index contributed by atoms with van der Waals surface area (Å²) in [6.45, 7) is 1.28. The van der Waals surface area contributed by atoms with Gasteiger partial charge in [0.05, 0.1) is 5.56 Å². The van der Waals surface area contributed by atoms with E-state index in [1.165, 1.54) is 28.9 Å². The molecule has 1 aromatic heterocycles. The summed E-state index contributed by atoms with van der Waals surface area (Å²) in [5.41, 5.74) is 0.448. The first-order valence-corrected chi connectivity index (χ1v) is 8.18. The van der Waals surface area contributed by atoms with E-state index in [0.29, 0.717) is 23.8 Å². The third-order valence-electron chi connectivity index (χ3n) is 3.29. The molecule has 1 aliphatic rings. The van der Waals surface area contributed by atoms with E-state index in [4.69, 9.17) is 11.6 Å². The molecule has 0 unspecified atom stereocenters. The molecule has 1 aromatic rings. The monoisotopic (exact) mass is 332 g/mol. The maximum Gasteiger partial charge on any atom is 0.281 e. The Morgan fingerprint density at radius 1 is 1.24 bits per heavy atom. The van der Waals surface area contributed by atoms with Crippen molar-refractivity contribution in [2.24, 2.45) is 0 Å². The highest BCUT2D eigenvalue weighted by Crippen LogP contribution is 2.13. The van der Waals surface area contributed by atoms with E-state index < -0.39 is 10.2 Å². The van der Waals surface area contributed by atoms with Crippen LogP contribution in [-0.2, 0) is 10.2 Å². The van der Waals surface area contributed by atoms with Gasteiger partial charge in [0.25, 0.3) is 16.1 Å². The molecule has 116 valence electrons. The summed E-state index contributed by atoms with van der Waals surface area (Å²) in [6.07, 6.45) is 1.42. The molecule has 1 amide bonds. The molecule has 21 heavy (non-hydrogen) atoms.